The van der Waals surface area contributed by atoms with E-state index in [2.05, 4.69) is 12.0 Å². The van der Waals surface area contributed by atoms with Crippen molar-refractivity contribution in [3.05, 3.63) is 10.3 Å². The fraction of sp³-hybridized carbons (Fsp3) is 0.600. The quantitative estimate of drug-likeness (QED) is 0.728. The summed E-state index contributed by atoms with van der Waals surface area (Å²) in [6, 6.07) is 0. The van der Waals surface area contributed by atoms with E-state index in [1.807, 2.05) is 0 Å². The maximum atomic E-state index is 5.22. The minimum Gasteiger partial charge on any atom is -0.417 e. The van der Waals surface area contributed by atoms with Crippen LogP contribution < -0.4 is 4.84 Å². The molecule has 0 aromatic rings. The molecular formula is C5H8N2O2S. The smallest absolute Gasteiger partial charge is 0.273 e. The topological polar surface area (TPSA) is 43.1 Å². The number of rotatable bonds is 3. The van der Waals surface area contributed by atoms with Crippen LogP contribution in [0.2, 0.25) is 0 Å². The van der Waals surface area contributed by atoms with Crippen molar-refractivity contribution in [1.82, 2.24) is 9.33 Å². The summed E-state index contributed by atoms with van der Waals surface area (Å²) in [4.78, 5) is 5.22. The molecule has 0 saturated carbocycles. The van der Waals surface area contributed by atoms with Crippen molar-refractivity contribution >= 4 is 11.5 Å². The molecule has 0 fully saturated rings. The Morgan fingerprint density at radius 1 is 1.80 bits per heavy atom. The van der Waals surface area contributed by atoms with Gasteiger partial charge in [-0.05, 0) is 6.42 Å². The summed E-state index contributed by atoms with van der Waals surface area (Å²) in [5.41, 5.74) is 0.834. The lowest BCUT2D eigenvalue weighted by Crippen LogP contribution is -2.10. The first-order chi connectivity index (χ1) is 4.90. The van der Waals surface area contributed by atoms with Crippen LogP contribution in [0.15, 0.2) is 4.42 Å². The Labute approximate surface area is 61.1 Å². The van der Waals surface area contributed by atoms with Gasteiger partial charge in [0.1, 0.15) is 6.61 Å². The number of nitrogens with zero attached hydrogens (tertiary/aromatic N) is 1. The second-order valence-electron chi connectivity index (χ2n) is 2.01. The molecule has 0 radical (unpaired) electrons. The first-order valence-corrected chi connectivity index (χ1v) is 3.97. The maximum Gasteiger partial charge on any atom is 0.273 e. The van der Waals surface area contributed by atoms with E-state index in [-0.39, 0.29) is 0 Å². The van der Waals surface area contributed by atoms with Crippen molar-refractivity contribution in [3.63, 3.8) is 0 Å². The SMILES string of the molecule is CCCOn1[nH]c2oc=2s1. The number of hydrogen-bond donors (Lipinski definition) is 1. The highest BCUT2D eigenvalue weighted by molar-refractivity contribution is 7.03. The van der Waals surface area contributed by atoms with Crippen LogP contribution in [-0.4, -0.2) is 15.9 Å². The highest BCUT2D eigenvalue weighted by Gasteiger charge is 2.05. The zero-order valence-corrected chi connectivity index (χ0v) is 6.40. The van der Waals surface area contributed by atoms with Crippen molar-refractivity contribution in [1.29, 1.82) is 0 Å². The van der Waals surface area contributed by atoms with E-state index in [0.717, 1.165) is 23.3 Å². The molecule has 2 aliphatic rings. The molecule has 0 saturated heterocycles. The second-order valence-corrected chi connectivity index (χ2v) is 2.90. The average Bonchev–Trinajstić information content (AvgIpc) is 2.56. The van der Waals surface area contributed by atoms with Crippen LogP contribution in [0.5, 0.6) is 0 Å². The summed E-state index contributed by atoms with van der Waals surface area (Å²) in [7, 11) is 0. The number of aromatic amines is 1. The van der Waals surface area contributed by atoms with Crippen LogP contribution in [-0.2, 0) is 0 Å². The molecule has 4 nitrogen and oxygen atoms in total. The zero-order chi connectivity index (χ0) is 6.97. The standard InChI is InChI=1S/C5H8N2O2S/c1-2-3-8-7-6-4-5(9-4)10-7/h6H,2-3H2,1H3. The van der Waals surface area contributed by atoms with Gasteiger partial charge in [0.15, 0.2) is 0 Å². The van der Waals surface area contributed by atoms with Crippen molar-refractivity contribution in [3.8, 4) is 0 Å². The molecule has 2 heterocycles. The Bertz CT molecular complexity index is 314. The van der Waals surface area contributed by atoms with Gasteiger partial charge in [0.2, 0.25) is 0 Å². The highest BCUT2D eigenvalue weighted by atomic mass is 32.1. The van der Waals surface area contributed by atoms with Gasteiger partial charge in [0.05, 0.1) is 0 Å². The summed E-state index contributed by atoms with van der Waals surface area (Å²) in [5, 5.41) is 2.89. The number of hydrogen-bond acceptors (Lipinski definition) is 3. The molecule has 2 rings (SSSR count). The number of nitrogens with one attached hydrogen (secondary N) is 1. The largest absolute Gasteiger partial charge is 0.417 e. The Kier molecular flexibility index (Phi) is 1.23. The fourth-order valence-corrected chi connectivity index (χ4v) is 1.27. The van der Waals surface area contributed by atoms with Gasteiger partial charge in [-0.2, -0.15) is 0 Å². The molecule has 0 atom stereocenters. The monoisotopic (exact) mass is 160 g/mol. The number of H-pyrrole nitrogens is 1. The lowest BCUT2D eigenvalue weighted by molar-refractivity contribution is 0.103. The van der Waals surface area contributed by atoms with E-state index in [9.17, 15) is 0 Å². The lowest BCUT2D eigenvalue weighted by Gasteiger charge is -2.00. The van der Waals surface area contributed by atoms with Crippen LogP contribution in [0.1, 0.15) is 13.3 Å². The van der Waals surface area contributed by atoms with E-state index in [1.54, 1.807) is 4.23 Å². The van der Waals surface area contributed by atoms with Gasteiger partial charge in [-0.3, -0.25) is 0 Å². The van der Waals surface area contributed by atoms with Crippen molar-refractivity contribution in [2.75, 3.05) is 6.61 Å². The van der Waals surface area contributed by atoms with Crippen molar-refractivity contribution in [2.24, 2.45) is 0 Å². The molecule has 0 amide bonds. The molecule has 56 valence electrons. The minimum absolute atomic E-state index is 0.737. The molecule has 1 N–H and O–H groups in total. The Balaban J connectivity index is 2.01. The summed E-state index contributed by atoms with van der Waals surface area (Å²) >= 11 is 1.44. The Morgan fingerprint density at radius 3 is 3.30 bits per heavy atom. The van der Waals surface area contributed by atoms with Gasteiger partial charge in [-0.15, -0.1) is 0 Å². The van der Waals surface area contributed by atoms with Crippen LogP contribution in [0, 0.1) is 10.3 Å². The van der Waals surface area contributed by atoms with Gasteiger partial charge in [0.25, 0.3) is 10.3 Å². The number of aromatic nitrogens is 2. The van der Waals surface area contributed by atoms with Crippen LogP contribution >= 0.6 is 11.5 Å². The third-order valence-corrected chi connectivity index (χ3v) is 1.91. The molecule has 0 aromatic heterocycles. The zero-order valence-electron chi connectivity index (χ0n) is 5.59. The van der Waals surface area contributed by atoms with Crippen molar-refractivity contribution in [2.45, 2.75) is 13.3 Å². The Hall–Kier alpha value is -0.840. The minimum atomic E-state index is 0.737. The molecule has 0 aromatic carbocycles. The van der Waals surface area contributed by atoms with E-state index >= 15 is 0 Å². The molecule has 0 bridgehead atoms. The van der Waals surface area contributed by atoms with Gasteiger partial charge in [-0.1, -0.05) is 11.2 Å². The summed E-state index contributed by atoms with van der Waals surface area (Å²) in [5.74, 6) is 0. The Morgan fingerprint density at radius 2 is 2.70 bits per heavy atom. The summed E-state index contributed by atoms with van der Waals surface area (Å²) in [6.45, 7) is 2.80. The summed E-state index contributed by atoms with van der Waals surface area (Å²) in [6.07, 6.45) is 1.02. The molecule has 5 heteroatoms. The maximum absolute atomic E-state index is 5.22. The normalized spacial score (nSPS) is 11.3. The molecule has 0 spiro atoms. The third-order valence-electron chi connectivity index (χ3n) is 1.11. The molecule has 10 heavy (non-hydrogen) atoms. The van der Waals surface area contributed by atoms with E-state index < -0.39 is 0 Å². The van der Waals surface area contributed by atoms with Gasteiger partial charge >= 0.3 is 0 Å². The lowest BCUT2D eigenvalue weighted by atomic mass is 10.5. The van der Waals surface area contributed by atoms with Crippen molar-refractivity contribution < 1.29 is 9.25 Å². The average molecular weight is 160 g/mol. The van der Waals surface area contributed by atoms with E-state index in [4.69, 9.17) is 9.25 Å². The molecule has 0 unspecified atom stereocenters. The molecule has 2 aliphatic heterocycles. The fourth-order valence-electron chi connectivity index (χ4n) is 0.610. The summed E-state index contributed by atoms with van der Waals surface area (Å²) < 4.78 is 7.46. The predicted molar refractivity (Wildman–Crippen MR) is 36.0 cm³/mol. The van der Waals surface area contributed by atoms with E-state index in [1.165, 1.54) is 11.5 Å². The van der Waals surface area contributed by atoms with Crippen LogP contribution in [0.3, 0.4) is 0 Å². The van der Waals surface area contributed by atoms with Gasteiger partial charge < -0.3 is 9.25 Å². The molecule has 0 aliphatic carbocycles. The van der Waals surface area contributed by atoms with Crippen LogP contribution in [0.25, 0.3) is 0 Å². The first kappa shape index (κ1) is 5.91. The van der Waals surface area contributed by atoms with Gasteiger partial charge in [0, 0.05) is 11.5 Å². The first-order valence-electron chi connectivity index (χ1n) is 3.20. The van der Waals surface area contributed by atoms with Crippen LogP contribution in [0.4, 0.5) is 0 Å². The predicted octanol–water partition coefficient (Wildman–Crippen LogP) is 1.03. The van der Waals surface area contributed by atoms with E-state index in [0.29, 0.717) is 0 Å². The molecular weight excluding hydrogens is 152 g/mol. The third kappa shape index (κ3) is 0.923. The van der Waals surface area contributed by atoms with Gasteiger partial charge in [-0.25, -0.2) is 5.10 Å². The second kappa shape index (κ2) is 2.09. The highest BCUT2D eigenvalue weighted by Crippen LogP contribution is 2.09.